The second-order valence-corrected chi connectivity index (χ2v) is 9.12. The molecule has 0 spiro atoms. The highest BCUT2D eigenvalue weighted by Crippen LogP contribution is 2.37. The van der Waals surface area contributed by atoms with Gasteiger partial charge in [0.2, 0.25) is 0 Å². The highest BCUT2D eigenvalue weighted by molar-refractivity contribution is 5.69. The molecule has 2 heterocycles. The summed E-state index contributed by atoms with van der Waals surface area (Å²) in [6, 6.07) is 9.39. The monoisotopic (exact) mass is 420 g/mol. The van der Waals surface area contributed by atoms with Gasteiger partial charge in [0, 0.05) is 19.6 Å². The molecule has 7 heteroatoms. The lowest BCUT2D eigenvalue weighted by molar-refractivity contribution is -0.107. The molecule has 2 saturated heterocycles. The number of hydrogen-bond acceptors (Lipinski definition) is 6. The Morgan fingerprint density at radius 3 is 2.53 bits per heavy atom. The average molecular weight is 421 g/mol. The Kier molecular flexibility index (Phi) is 7.74. The second-order valence-electron chi connectivity index (χ2n) is 9.12. The van der Waals surface area contributed by atoms with Crippen LogP contribution in [-0.2, 0) is 20.8 Å². The van der Waals surface area contributed by atoms with Gasteiger partial charge in [-0.25, -0.2) is 4.79 Å². The maximum absolute atomic E-state index is 13.1. The summed E-state index contributed by atoms with van der Waals surface area (Å²) in [5, 5.41) is 11.0. The molecule has 0 saturated carbocycles. The van der Waals surface area contributed by atoms with Crippen LogP contribution in [0.5, 0.6) is 0 Å². The van der Waals surface area contributed by atoms with E-state index >= 15 is 0 Å². The van der Waals surface area contributed by atoms with Crippen LogP contribution < -0.4 is 0 Å². The quantitative estimate of drug-likeness (QED) is 0.731. The summed E-state index contributed by atoms with van der Waals surface area (Å²) in [7, 11) is 0. The van der Waals surface area contributed by atoms with Crippen LogP contribution in [0, 0.1) is 5.92 Å². The van der Waals surface area contributed by atoms with Gasteiger partial charge in [0.15, 0.2) is 0 Å². The fourth-order valence-electron chi connectivity index (χ4n) is 4.37. The summed E-state index contributed by atoms with van der Waals surface area (Å²) in [6.07, 6.45) is -0.836. The number of aliphatic hydroxyl groups is 1. The SMILES string of the molecule is CC(C)C[C@H]1[C@@H]([C@H](O)CN2CCOCC2)OC(C)(C)N1C(=O)OCc1ccccc1. The summed E-state index contributed by atoms with van der Waals surface area (Å²) >= 11 is 0. The zero-order chi connectivity index (χ0) is 21.7. The number of β-amino-alcohol motifs (C(OH)–C–C–N with tert-alkyl or cyclic N) is 1. The number of carbonyl (C=O) groups is 1. The van der Waals surface area contributed by atoms with Crippen molar-refractivity contribution in [3.63, 3.8) is 0 Å². The summed E-state index contributed by atoms with van der Waals surface area (Å²) in [5.74, 6) is 0.343. The van der Waals surface area contributed by atoms with Gasteiger partial charge in [-0.05, 0) is 31.7 Å². The highest BCUT2D eigenvalue weighted by atomic mass is 16.6. The molecule has 1 aromatic rings. The van der Waals surface area contributed by atoms with E-state index in [4.69, 9.17) is 14.2 Å². The summed E-state index contributed by atoms with van der Waals surface area (Å²) in [4.78, 5) is 17.0. The average Bonchev–Trinajstić information content (AvgIpc) is 2.97. The van der Waals surface area contributed by atoms with E-state index in [1.54, 1.807) is 4.90 Å². The van der Waals surface area contributed by atoms with E-state index in [2.05, 4.69) is 18.7 Å². The zero-order valence-electron chi connectivity index (χ0n) is 18.6. The van der Waals surface area contributed by atoms with Crippen molar-refractivity contribution in [2.45, 2.75) is 64.7 Å². The van der Waals surface area contributed by atoms with Gasteiger partial charge in [-0.1, -0.05) is 44.2 Å². The lowest BCUT2D eigenvalue weighted by Gasteiger charge is -2.34. The van der Waals surface area contributed by atoms with E-state index < -0.39 is 24.0 Å². The standard InChI is InChI=1S/C23H36N2O5/c1-17(2)14-19-21(20(26)15-24-10-12-28-13-11-24)30-23(3,4)25(19)22(27)29-16-18-8-6-5-7-9-18/h5-9,17,19-21,26H,10-16H2,1-4H3/t19-,20+,21-/m0/s1. The Labute approximate surface area is 179 Å². The molecule has 168 valence electrons. The Hall–Kier alpha value is -1.67. The molecular formula is C23H36N2O5. The molecule has 2 fully saturated rings. The molecule has 1 N–H and O–H groups in total. The Bertz CT molecular complexity index is 675. The van der Waals surface area contributed by atoms with Crippen LogP contribution in [0.3, 0.4) is 0 Å². The van der Waals surface area contributed by atoms with Crippen LogP contribution in [0.15, 0.2) is 30.3 Å². The first-order chi connectivity index (χ1) is 14.3. The van der Waals surface area contributed by atoms with Gasteiger partial charge in [-0.3, -0.25) is 9.80 Å². The molecule has 1 aromatic carbocycles. The van der Waals surface area contributed by atoms with Crippen molar-refractivity contribution < 1.29 is 24.1 Å². The first-order valence-electron chi connectivity index (χ1n) is 10.9. The molecule has 7 nitrogen and oxygen atoms in total. The van der Waals surface area contributed by atoms with Gasteiger partial charge >= 0.3 is 6.09 Å². The number of rotatable bonds is 7. The maximum atomic E-state index is 13.1. The van der Waals surface area contributed by atoms with Crippen LogP contribution in [0.1, 0.15) is 39.7 Å². The van der Waals surface area contributed by atoms with Crippen molar-refractivity contribution in [3.05, 3.63) is 35.9 Å². The van der Waals surface area contributed by atoms with Gasteiger partial charge in [-0.15, -0.1) is 0 Å². The van der Waals surface area contributed by atoms with E-state index in [0.29, 0.717) is 25.7 Å². The van der Waals surface area contributed by atoms with Gasteiger partial charge in [-0.2, -0.15) is 0 Å². The number of ether oxygens (including phenoxy) is 3. The number of amides is 1. The van der Waals surface area contributed by atoms with Gasteiger partial charge < -0.3 is 19.3 Å². The normalized spacial score (nSPS) is 25.5. The molecule has 0 radical (unpaired) electrons. The van der Waals surface area contributed by atoms with Crippen molar-refractivity contribution in [1.82, 2.24) is 9.80 Å². The van der Waals surface area contributed by atoms with Crippen molar-refractivity contribution in [3.8, 4) is 0 Å². The number of morpholine rings is 1. The first-order valence-corrected chi connectivity index (χ1v) is 10.9. The zero-order valence-corrected chi connectivity index (χ0v) is 18.6. The van der Waals surface area contributed by atoms with Crippen LogP contribution in [0.25, 0.3) is 0 Å². The van der Waals surface area contributed by atoms with Crippen LogP contribution >= 0.6 is 0 Å². The van der Waals surface area contributed by atoms with E-state index in [0.717, 1.165) is 25.1 Å². The molecule has 1 amide bonds. The van der Waals surface area contributed by atoms with Gasteiger partial charge in [0.05, 0.1) is 25.4 Å². The maximum Gasteiger partial charge on any atom is 0.412 e. The summed E-state index contributed by atoms with van der Waals surface area (Å²) in [5.41, 5.74) is 0.0809. The number of nitrogens with zero attached hydrogens (tertiary/aromatic N) is 2. The Morgan fingerprint density at radius 2 is 1.90 bits per heavy atom. The molecule has 0 unspecified atom stereocenters. The predicted molar refractivity (Wildman–Crippen MR) is 114 cm³/mol. The van der Waals surface area contributed by atoms with Crippen molar-refractivity contribution in [2.24, 2.45) is 5.92 Å². The first kappa shape index (κ1) is 23.0. The predicted octanol–water partition coefficient (Wildman–Crippen LogP) is 2.87. The third-order valence-corrected chi connectivity index (χ3v) is 5.76. The summed E-state index contributed by atoms with van der Waals surface area (Å²) < 4.78 is 17.3. The van der Waals surface area contributed by atoms with E-state index in [1.807, 2.05) is 44.2 Å². The second kappa shape index (κ2) is 10.1. The van der Waals surface area contributed by atoms with Crippen molar-refractivity contribution in [1.29, 1.82) is 0 Å². The third kappa shape index (κ3) is 5.72. The molecule has 2 aliphatic heterocycles. The van der Waals surface area contributed by atoms with Gasteiger partial charge in [0.25, 0.3) is 0 Å². The molecule has 0 aliphatic carbocycles. The van der Waals surface area contributed by atoms with E-state index in [1.165, 1.54) is 0 Å². The van der Waals surface area contributed by atoms with E-state index in [9.17, 15) is 9.90 Å². The lowest BCUT2D eigenvalue weighted by Crippen LogP contribution is -2.51. The van der Waals surface area contributed by atoms with Crippen molar-refractivity contribution >= 4 is 6.09 Å². The Morgan fingerprint density at radius 1 is 1.23 bits per heavy atom. The molecule has 3 rings (SSSR count). The smallest absolute Gasteiger partial charge is 0.412 e. The number of hydrogen-bond donors (Lipinski definition) is 1. The third-order valence-electron chi connectivity index (χ3n) is 5.76. The molecule has 3 atom stereocenters. The number of benzene rings is 1. The molecule has 0 bridgehead atoms. The van der Waals surface area contributed by atoms with Crippen LogP contribution in [0.4, 0.5) is 4.79 Å². The molecular weight excluding hydrogens is 384 g/mol. The fraction of sp³-hybridized carbons (Fsp3) is 0.696. The molecule has 0 aromatic heterocycles. The van der Waals surface area contributed by atoms with Crippen molar-refractivity contribution in [2.75, 3.05) is 32.8 Å². The molecule has 2 aliphatic rings. The summed E-state index contributed by atoms with van der Waals surface area (Å²) in [6.45, 7) is 11.6. The van der Waals surface area contributed by atoms with Crippen LogP contribution in [-0.4, -0.2) is 77.8 Å². The van der Waals surface area contributed by atoms with E-state index in [-0.39, 0.29) is 12.6 Å². The Balaban J connectivity index is 1.71. The number of carbonyl (C=O) groups excluding carboxylic acids is 1. The highest BCUT2D eigenvalue weighted by Gasteiger charge is 2.53. The fourth-order valence-corrected chi connectivity index (χ4v) is 4.37. The lowest BCUT2D eigenvalue weighted by atomic mass is 9.95. The topological polar surface area (TPSA) is 71.5 Å². The molecule has 30 heavy (non-hydrogen) atoms. The van der Waals surface area contributed by atoms with Gasteiger partial charge in [0.1, 0.15) is 18.4 Å². The van der Waals surface area contributed by atoms with Crippen LogP contribution in [0.2, 0.25) is 0 Å². The minimum atomic E-state index is -0.857. The number of aliphatic hydroxyl groups excluding tert-OH is 1. The minimum Gasteiger partial charge on any atom is -0.444 e. The minimum absolute atomic E-state index is 0.210. The largest absolute Gasteiger partial charge is 0.444 e.